The van der Waals surface area contributed by atoms with Crippen LogP contribution in [0.15, 0.2) is 0 Å². The Balaban J connectivity index is 5.00. The molecule has 0 saturated carbocycles. The number of aliphatic hydroxyl groups is 1. The van der Waals surface area contributed by atoms with Gasteiger partial charge < -0.3 is 14.0 Å². The third kappa shape index (κ3) is 6.90. The first-order valence-electron chi connectivity index (χ1n) is 8.56. The largest absolute Gasteiger partial charge is 0.414 e. The molecule has 0 radical (unpaired) electrons. The molecule has 6 heteroatoms. The highest BCUT2D eigenvalue weighted by atomic mass is 79.9. The number of hydrogen-bond donors (Lipinski definition) is 1. The van der Waals surface area contributed by atoms with Crippen LogP contribution in [-0.2, 0) is 8.85 Å². The zero-order chi connectivity index (χ0) is 18.9. The molecule has 3 atom stereocenters. The average Bonchev–Trinajstić information content (AvgIpc) is 2.30. The zero-order valence-corrected chi connectivity index (χ0v) is 20.7. The summed E-state index contributed by atoms with van der Waals surface area (Å²) in [6, 6.07) is 0. The number of halogens is 1. The van der Waals surface area contributed by atoms with E-state index in [1.54, 1.807) is 0 Å². The third-order valence-corrected chi connectivity index (χ3v) is 15.0. The molecule has 0 unspecified atom stereocenters. The van der Waals surface area contributed by atoms with Crippen LogP contribution in [0.25, 0.3) is 0 Å². The molecule has 0 aliphatic heterocycles. The Morgan fingerprint density at radius 1 is 0.913 bits per heavy atom. The van der Waals surface area contributed by atoms with Crippen molar-refractivity contribution >= 4 is 32.6 Å². The van der Waals surface area contributed by atoms with Crippen molar-refractivity contribution in [3.8, 4) is 0 Å². The summed E-state index contributed by atoms with van der Waals surface area (Å²) in [7, 11) is -3.80. The van der Waals surface area contributed by atoms with Crippen LogP contribution >= 0.6 is 15.9 Å². The Kier molecular flexibility index (Phi) is 8.27. The Hall–Kier alpha value is 0.794. The minimum absolute atomic E-state index is 0.0784. The van der Waals surface area contributed by atoms with E-state index in [0.29, 0.717) is 6.61 Å². The standard InChI is InChI=1S/C17H39BrO3Si2/c1-13(18)15(21-23(10,11)17(5,6)7)14(19)12-20-22(8,9)16(2,3)4/h13-15,19H,12H2,1-11H3/t13-,14+,15-/m0/s1. The van der Waals surface area contributed by atoms with E-state index in [1.807, 2.05) is 6.92 Å². The van der Waals surface area contributed by atoms with Gasteiger partial charge >= 0.3 is 0 Å². The maximum absolute atomic E-state index is 10.7. The third-order valence-electron chi connectivity index (χ3n) is 5.49. The summed E-state index contributed by atoms with van der Waals surface area (Å²) in [5.41, 5.74) is 0. The van der Waals surface area contributed by atoms with Gasteiger partial charge in [0, 0.05) is 4.83 Å². The fourth-order valence-electron chi connectivity index (χ4n) is 1.60. The van der Waals surface area contributed by atoms with Crippen molar-refractivity contribution in [3.63, 3.8) is 0 Å². The lowest BCUT2D eigenvalue weighted by Crippen LogP contribution is -2.52. The molecule has 0 saturated heterocycles. The van der Waals surface area contributed by atoms with Crippen LogP contribution < -0.4 is 0 Å². The second-order valence-electron chi connectivity index (χ2n) is 9.66. The number of rotatable bonds is 7. The molecule has 0 aromatic heterocycles. The van der Waals surface area contributed by atoms with E-state index in [4.69, 9.17) is 8.85 Å². The van der Waals surface area contributed by atoms with E-state index in [9.17, 15) is 5.11 Å². The SMILES string of the molecule is C[C@H](Br)[C@H](O[Si](C)(C)C(C)(C)C)[C@H](O)CO[Si](C)(C)C(C)(C)C. The number of aliphatic hydroxyl groups excluding tert-OH is 1. The van der Waals surface area contributed by atoms with Gasteiger partial charge in [-0.1, -0.05) is 64.4 Å². The molecule has 0 spiro atoms. The fraction of sp³-hybridized carbons (Fsp3) is 1.00. The second kappa shape index (κ2) is 8.00. The van der Waals surface area contributed by atoms with Crippen LogP contribution in [0, 0.1) is 0 Å². The molecule has 1 N–H and O–H groups in total. The molecule has 0 rings (SSSR count). The summed E-state index contributed by atoms with van der Waals surface area (Å²) in [6.45, 7) is 24.5. The molecule has 0 aromatic rings. The molecule has 0 heterocycles. The van der Waals surface area contributed by atoms with Gasteiger partial charge in [-0.05, 0) is 36.3 Å². The smallest absolute Gasteiger partial charge is 0.192 e. The summed E-state index contributed by atoms with van der Waals surface area (Å²) in [5.74, 6) is 0. The van der Waals surface area contributed by atoms with Crippen LogP contribution in [0.5, 0.6) is 0 Å². The van der Waals surface area contributed by atoms with Gasteiger partial charge in [-0.3, -0.25) is 0 Å². The summed E-state index contributed by atoms with van der Waals surface area (Å²) >= 11 is 3.61. The van der Waals surface area contributed by atoms with Gasteiger partial charge in [-0.2, -0.15) is 0 Å². The molecule has 0 fully saturated rings. The molecule has 0 amide bonds. The lowest BCUT2D eigenvalue weighted by Gasteiger charge is -2.42. The quantitative estimate of drug-likeness (QED) is 0.428. The van der Waals surface area contributed by atoms with Crippen LogP contribution in [-0.4, -0.2) is 45.4 Å². The van der Waals surface area contributed by atoms with Gasteiger partial charge in [0.15, 0.2) is 16.6 Å². The summed E-state index contributed by atoms with van der Waals surface area (Å²) in [4.78, 5) is 0.0784. The van der Waals surface area contributed by atoms with E-state index >= 15 is 0 Å². The van der Waals surface area contributed by atoms with E-state index in [-0.39, 0.29) is 21.0 Å². The second-order valence-corrected chi connectivity index (χ2v) is 20.7. The highest BCUT2D eigenvalue weighted by Crippen LogP contribution is 2.39. The minimum Gasteiger partial charge on any atom is -0.414 e. The zero-order valence-electron chi connectivity index (χ0n) is 17.1. The summed E-state index contributed by atoms with van der Waals surface area (Å²) in [5, 5.41) is 11.0. The van der Waals surface area contributed by atoms with Crippen molar-refractivity contribution in [2.24, 2.45) is 0 Å². The molecule has 140 valence electrons. The highest BCUT2D eigenvalue weighted by molar-refractivity contribution is 9.09. The molecular formula is C17H39BrO3Si2. The first-order valence-corrected chi connectivity index (χ1v) is 15.3. The van der Waals surface area contributed by atoms with Gasteiger partial charge in [0.05, 0.1) is 12.7 Å². The Bertz CT molecular complexity index is 371. The predicted molar refractivity (Wildman–Crippen MR) is 110 cm³/mol. The Labute approximate surface area is 154 Å². The van der Waals surface area contributed by atoms with Gasteiger partial charge in [-0.25, -0.2) is 0 Å². The fourth-order valence-corrected chi connectivity index (χ4v) is 4.68. The molecule has 0 aromatic carbocycles. The first kappa shape index (κ1) is 23.8. The molecule has 23 heavy (non-hydrogen) atoms. The van der Waals surface area contributed by atoms with Gasteiger partial charge in [-0.15, -0.1) is 0 Å². The maximum Gasteiger partial charge on any atom is 0.192 e. The van der Waals surface area contributed by atoms with Crippen molar-refractivity contribution in [1.29, 1.82) is 0 Å². The van der Waals surface area contributed by atoms with E-state index in [0.717, 1.165) is 0 Å². The first-order chi connectivity index (χ1) is 9.92. The van der Waals surface area contributed by atoms with Gasteiger partial charge in [0.1, 0.15) is 6.10 Å². The lowest BCUT2D eigenvalue weighted by molar-refractivity contribution is -0.00186. The van der Waals surface area contributed by atoms with E-state index < -0.39 is 22.7 Å². The maximum atomic E-state index is 10.7. The number of alkyl halides is 1. The minimum atomic E-state index is -1.94. The van der Waals surface area contributed by atoms with Crippen molar-refractivity contribution in [1.82, 2.24) is 0 Å². The Morgan fingerprint density at radius 2 is 1.30 bits per heavy atom. The lowest BCUT2D eigenvalue weighted by atomic mass is 10.2. The number of hydrogen-bond acceptors (Lipinski definition) is 3. The summed E-state index contributed by atoms with van der Waals surface area (Å²) in [6.07, 6.45) is -0.867. The van der Waals surface area contributed by atoms with Crippen LogP contribution in [0.2, 0.25) is 36.3 Å². The van der Waals surface area contributed by atoms with Crippen molar-refractivity contribution < 1.29 is 14.0 Å². The van der Waals surface area contributed by atoms with E-state index in [1.165, 1.54) is 0 Å². The van der Waals surface area contributed by atoms with Crippen LogP contribution in [0.1, 0.15) is 48.5 Å². The van der Waals surface area contributed by atoms with E-state index in [2.05, 4.69) is 83.7 Å². The normalized spacial score (nSPS) is 18.7. The van der Waals surface area contributed by atoms with Crippen molar-refractivity contribution in [2.75, 3.05) is 6.61 Å². The Morgan fingerprint density at radius 3 is 1.61 bits per heavy atom. The van der Waals surface area contributed by atoms with Crippen molar-refractivity contribution in [2.45, 2.75) is 102 Å². The van der Waals surface area contributed by atoms with Gasteiger partial charge in [0.25, 0.3) is 0 Å². The molecule has 0 aliphatic carbocycles. The van der Waals surface area contributed by atoms with Crippen LogP contribution in [0.3, 0.4) is 0 Å². The van der Waals surface area contributed by atoms with Crippen molar-refractivity contribution in [3.05, 3.63) is 0 Å². The molecule has 0 aliphatic rings. The topological polar surface area (TPSA) is 38.7 Å². The monoisotopic (exact) mass is 426 g/mol. The highest BCUT2D eigenvalue weighted by Gasteiger charge is 2.43. The molecule has 0 bridgehead atoms. The molecule has 3 nitrogen and oxygen atoms in total. The summed E-state index contributed by atoms with van der Waals surface area (Å²) < 4.78 is 12.6. The van der Waals surface area contributed by atoms with Gasteiger partial charge in [0.2, 0.25) is 0 Å². The van der Waals surface area contributed by atoms with Crippen LogP contribution in [0.4, 0.5) is 0 Å². The molecular weight excluding hydrogens is 388 g/mol. The predicted octanol–water partition coefficient (Wildman–Crippen LogP) is 5.54. The average molecular weight is 428 g/mol.